The fourth-order valence-electron chi connectivity index (χ4n) is 1.84. The number of nitrogens with zero attached hydrogens (tertiary/aromatic N) is 2. The Bertz CT molecular complexity index is 725. The molecule has 5 nitrogen and oxygen atoms in total. The topological polar surface area (TPSA) is 71.2 Å². The molecule has 6 heteroatoms. The summed E-state index contributed by atoms with van der Waals surface area (Å²) in [5.41, 5.74) is 2.35. The van der Waals surface area contributed by atoms with Crippen molar-refractivity contribution in [3.05, 3.63) is 66.1 Å². The predicted octanol–water partition coefficient (Wildman–Crippen LogP) is 4.62. The molecule has 0 aliphatic rings. The number of benzene rings is 2. The standard InChI is InChI=1S/C17H15ClN2O3/c1-23-17(22)16(15(21)11-18)20-19-14-9-7-13(8-10-14)12-5-3-2-4-6-12/h2-10,21H,11H2,1H3. The predicted molar refractivity (Wildman–Crippen MR) is 88.8 cm³/mol. The van der Waals surface area contributed by atoms with Crippen LogP contribution in [0.5, 0.6) is 0 Å². The quantitative estimate of drug-likeness (QED) is 0.286. The van der Waals surface area contributed by atoms with E-state index in [0.29, 0.717) is 5.69 Å². The number of carbonyl (C=O) groups excluding carboxylic acids is 1. The Balaban J connectivity index is 2.21. The van der Waals surface area contributed by atoms with Gasteiger partial charge in [0, 0.05) is 0 Å². The van der Waals surface area contributed by atoms with Crippen molar-refractivity contribution in [1.82, 2.24) is 0 Å². The van der Waals surface area contributed by atoms with Crippen LogP contribution in [0.1, 0.15) is 0 Å². The molecule has 0 saturated heterocycles. The number of rotatable bonds is 5. The average Bonchev–Trinajstić information content (AvgIpc) is 2.62. The summed E-state index contributed by atoms with van der Waals surface area (Å²) in [6.07, 6.45) is 0. The van der Waals surface area contributed by atoms with Gasteiger partial charge in [0.1, 0.15) is 5.76 Å². The minimum absolute atomic E-state index is 0.254. The summed E-state index contributed by atoms with van der Waals surface area (Å²) in [6, 6.07) is 17.2. The van der Waals surface area contributed by atoms with Crippen molar-refractivity contribution in [1.29, 1.82) is 0 Å². The van der Waals surface area contributed by atoms with Crippen molar-refractivity contribution >= 4 is 23.3 Å². The van der Waals surface area contributed by atoms with E-state index in [-0.39, 0.29) is 17.3 Å². The van der Waals surface area contributed by atoms with Gasteiger partial charge in [-0.3, -0.25) is 0 Å². The molecule has 2 rings (SSSR count). The molecule has 0 atom stereocenters. The summed E-state index contributed by atoms with van der Waals surface area (Å²) in [5, 5.41) is 17.2. The summed E-state index contributed by atoms with van der Waals surface area (Å²) in [7, 11) is 1.19. The summed E-state index contributed by atoms with van der Waals surface area (Å²) in [5.74, 6) is -1.44. The average molecular weight is 331 g/mol. The van der Waals surface area contributed by atoms with Crippen LogP contribution in [0.15, 0.2) is 76.3 Å². The first-order valence-corrected chi connectivity index (χ1v) is 7.32. The number of alkyl halides is 1. The lowest BCUT2D eigenvalue weighted by molar-refractivity contribution is -0.136. The number of carbonyl (C=O) groups is 1. The molecule has 0 amide bonds. The maximum absolute atomic E-state index is 11.5. The molecule has 1 N–H and O–H groups in total. The maximum Gasteiger partial charge on any atom is 0.362 e. The number of halogens is 1. The first-order chi connectivity index (χ1) is 11.2. The Hall–Kier alpha value is -2.66. The molecule has 118 valence electrons. The van der Waals surface area contributed by atoms with E-state index in [1.807, 2.05) is 42.5 Å². The molecule has 2 aromatic carbocycles. The molecular formula is C17H15ClN2O3. The van der Waals surface area contributed by atoms with Crippen LogP contribution in [0.4, 0.5) is 5.69 Å². The van der Waals surface area contributed by atoms with Gasteiger partial charge in [0.25, 0.3) is 0 Å². The number of aliphatic hydroxyl groups excluding tert-OH is 1. The third kappa shape index (κ3) is 4.40. The van der Waals surface area contributed by atoms with E-state index >= 15 is 0 Å². The number of hydrogen-bond acceptors (Lipinski definition) is 5. The number of hydrogen-bond donors (Lipinski definition) is 1. The van der Waals surface area contributed by atoms with Crippen LogP contribution in [0.25, 0.3) is 11.1 Å². The molecule has 2 aromatic rings. The molecule has 0 aliphatic heterocycles. The van der Waals surface area contributed by atoms with Gasteiger partial charge in [-0.1, -0.05) is 42.5 Å². The molecule has 23 heavy (non-hydrogen) atoms. The van der Waals surface area contributed by atoms with Crippen LogP contribution in [0, 0.1) is 0 Å². The van der Waals surface area contributed by atoms with Crippen LogP contribution >= 0.6 is 11.6 Å². The summed E-state index contributed by atoms with van der Waals surface area (Å²) < 4.78 is 4.53. The number of esters is 1. The largest absolute Gasteiger partial charge is 0.508 e. The molecule has 0 bridgehead atoms. The normalized spacial score (nSPS) is 12.1. The Labute approximate surface area is 138 Å². The van der Waals surface area contributed by atoms with Crippen LogP contribution in [0.2, 0.25) is 0 Å². The van der Waals surface area contributed by atoms with E-state index < -0.39 is 5.97 Å². The van der Waals surface area contributed by atoms with Crippen molar-refractivity contribution < 1.29 is 14.6 Å². The number of aliphatic hydroxyl groups is 1. The van der Waals surface area contributed by atoms with E-state index in [2.05, 4.69) is 15.0 Å². The highest BCUT2D eigenvalue weighted by Crippen LogP contribution is 2.23. The van der Waals surface area contributed by atoms with Gasteiger partial charge in [0.15, 0.2) is 0 Å². The van der Waals surface area contributed by atoms with Crippen molar-refractivity contribution in [3.8, 4) is 11.1 Å². The molecule has 0 aliphatic carbocycles. The van der Waals surface area contributed by atoms with Crippen molar-refractivity contribution in [2.45, 2.75) is 0 Å². The first-order valence-electron chi connectivity index (χ1n) is 6.79. The lowest BCUT2D eigenvalue weighted by Crippen LogP contribution is -2.06. The van der Waals surface area contributed by atoms with Crippen molar-refractivity contribution in [3.63, 3.8) is 0 Å². The highest BCUT2D eigenvalue weighted by Gasteiger charge is 2.15. The van der Waals surface area contributed by atoms with Crippen LogP contribution in [-0.2, 0) is 9.53 Å². The smallest absolute Gasteiger partial charge is 0.362 e. The Morgan fingerprint density at radius 3 is 2.26 bits per heavy atom. The number of methoxy groups -OCH3 is 1. The summed E-state index contributed by atoms with van der Waals surface area (Å²) in [6.45, 7) is 0. The number of azo groups is 1. The minimum Gasteiger partial charge on any atom is -0.508 e. The monoisotopic (exact) mass is 330 g/mol. The second kappa shape index (κ2) is 8.10. The minimum atomic E-state index is -0.798. The van der Waals surface area contributed by atoms with Crippen molar-refractivity contribution in [2.75, 3.05) is 13.0 Å². The van der Waals surface area contributed by atoms with Gasteiger partial charge in [0.2, 0.25) is 5.70 Å². The Morgan fingerprint density at radius 2 is 1.70 bits per heavy atom. The third-order valence-corrected chi connectivity index (χ3v) is 3.27. The zero-order valence-electron chi connectivity index (χ0n) is 12.4. The SMILES string of the molecule is COC(=O)C(N=Nc1ccc(-c2ccccc2)cc1)=C(O)CCl. The fourth-order valence-corrected chi connectivity index (χ4v) is 1.96. The third-order valence-electron chi connectivity index (χ3n) is 3.02. The van der Waals surface area contributed by atoms with Crippen LogP contribution in [-0.4, -0.2) is 24.1 Å². The molecule has 0 saturated carbocycles. The van der Waals surface area contributed by atoms with Crippen molar-refractivity contribution in [2.24, 2.45) is 10.2 Å². The number of allylic oxidation sites excluding steroid dienone is 1. The summed E-state index contributed by atoms with van der Waals surface area (Å²) in [4.78, 5) is 11.5. The van der Waals surface area contributed by atoms with Gasteiger partial charge in [-0.25, -0.2) is 4.79 Å². The van der Waals surface area contributed by atoms with E-state index in [0.717, 1.165) is 11.1 Å². The second-order valence-electron chi connectivity index (χ2n) is 4.53. The first kappa shape index (κ1) is 16.7. The Morgan fingerprint density at radius 1 is 1.09 bits per heavy atom. The molecule has 0 heterocycles. The van der Waals surface area contributed by atoms with Gasteiger partial charge >= 0.3 is 5.97 Å². The van der Waals surface area contributed by atoms with Gasteiger partial charge in [0.05, 0.1) is 18.7 Å². The van der Waals surface area contributed by atoms with E-state index in [9.17, 15) is 9.90 Å². The Kier molecular flexibility index (Phi) is 5.88. The number of ether oxygens (including phenoxy) is 1. The highest BCUT2D eigenvalue weighted by molar-refractivity contribution is 6.19. The lowest BCUT2D eigenvalue weighted by atomic mass is 10.1. The van der Waals surface area contributed by atoms with Gasteiger partial charge in [-0.15, -0.1) is 16.7 Å². The molecular weight excluding hydrogens is 316 g/mol. The molecule has 0 spiro atoms. The molecule has 0 fully saturated rings. The van der Waals surface area contributed by atoms with E-state index in [4.69, 9.17) is 11.6 Å². The molecule has 0 unspecified atom stereocenters. The van der Waals surface area contributed by atoms with E-state index in [1.165, 1.54) is 7.11 Å². The van der Waals surface area contributed by atoms with E-state index in [1.54, 1.807) is 12.1 Å². The fraction of sp³-hybridized carbons (Fsp3) is 0.118. The van der Waals surface area contributed by atoms with Gasteiger partial charge in [-0.05, 0) is 23.3 Å². The highest BCUT2D eigenvalue weighted by atomic mass is 35.5. The van der Waals surface area contributed by atoms with Gasteiger partial charge < -0.3 is 9.84 Å². The van der Waals surface area contributed by atoms with Crippen LogP contribution in [0.3, 0.4) is 0 Å². The van der Waals surface area contributed by atoms with Gasteiger partial charge in [-0.2, -0.15) is 5.11 Å². The molecule has 0 aromatic heterocycles. The summed E-state index contributed by atoms with van der Waals surface area (Å²) >= 11 is 5.50. The lowest BCUT2D eigenvalue weighted by Gasteiger charge is -2.02. The molecule has 0 radical (unpaired) electrons. The zero-order valence-corrected chi connectivity index (χ0v) is 13.2. The maximum atomic E-state index is 11.5. The zero-order chi connectivity index (χ0) is 16.7. The van der Waals surface area contributed by atoms with Crippen LogP contribution < -0.4 is 0 Å². The second-order valence-corrected chi connectivity index (χ2v) is 4.80.